The van der Waals surface area contributed by atoms with Gasteiger partial charge in [-0.3, -0.25) is 9.59 Å². The molecule has 2 aliphatic heterocycles. The summed E-state index contributed by atoms with van der Waals surface area (Å²) < 4.78 is 5.23. The van der Waals surface area contributed by atoms with Crippen molar-refractivity contribution in [3.05, 3.63) is 0 Å². The summed E-state index contributed by atoms with van der Waals surface area (Å²) in [7, 11) is 0. The largest absolute Gasteiger partial charge is 0.381 e. The molecule has 0 bridgehead atoms. The fourth-order valence-corrected chi connectivity index (χ4v) is 2.75. The number of ether oxygens (including phenoxy) is 1. The Bertz CT molecular complexity index is 361. The van der Waals surface area contributed by atoms with Gasteiger partial charge in [0.1, 0.15) is 6.04 Å². The second kappa shape index (κ2) is 6.54. The van der Waals surface area contributed by atoms with E-state index in [1.165, 1.54) is 6.42 Å². The van der Waals surface area contributed by atoms with Gasteiger partial charge in [0.05, 0.1) is 5.54 Å². The van der Waals surface area contributed by atoms with Crippen molar-refractivity contribution < 1.29 is 14.3 Å². The van der Waals surface area contributed by atoms with Crippen LogP contribution in [0.2, 0.25) is 0 Å². The van der Waals surface area contributed by atoms with Crippen LogP contribution in [0.3, 0.4) is 0 Å². The number of carbonyl (C=O) groups is 2. The van der Waals surface area contributed by atoms with E-state index in [2.05, 4.69) is 5.32 Å². The summed E-state index contributed by atoms with van der Waals surface area (Å²) in [6.07, 6.45) is 4.28. The Morgan fingerprint density at radius 3 is 2.40 bits per heavy atom. The first-order valence-electron chi connectivity index (χ1n) is 7.49. The number of hydrogen-bond donors (Lipinski definition) is 2. The molecule has 0 aliphatic carbocycles. The van der Waals surface area contributed by atoms with Crippen LogP contribution in [-0.2, 0) is 14.3 Å². The number of rotatable bonds is 3. The molecule has 0 aromatic rings. The minimum absolute atomic E-state index is 0.00582. The molecular weight excluding hydrogens is 258 g/mol. The van der Waals surface area contributed by atoms with Crippen molar-refractivity contribution in [2.45, 2.75) is 50.6 Å². The van der Waals surface area contributed by atoms with Gasteiger partial charge in [-0.05, 0) is 39.0 Å². The zero-order valence-electron chi connectivity index (χ0n) is 12.2. The Hall–Kier alpha value is -1.14. The second-order valence-corrected chi connectivity index (χ2v) is 5.85. The molecule has 0 saturated carbocycles. The van der Waals surface area contributed by atoms with Crippen LogP contribution < -0.4 is 11.1 Å². The molecule has 0 radical (unpaired) electrons. The maximum Gasteiger partial charge on any atom is 0.244 e. The lowest BCUT2D eigenvalue weighted by Gasteiger charge is -2.34. The van der Waals surface area contributed by atoms with Crippen molar-refractivity contribution in [3.63, 3.8) is 0 Å². The van der Waals surface area contributed by atoms with E-state index in [4.69, 9.17) is 10.5 Å². The molecule has 2 aliphatic rings. The van der Waals surface area contributed by atoms with Crippen molar-refractivity contribution in [2.24, 2.45) is 5.73 Å². The molecule has 2 saturated heterocycles. The van der Waals surface area contributed by atoms with E-state index in [1.807, 2.05) is 4.90 Å². The maximum atomic E-state index is 12.3. The molecular formula is C14H25N3O3. The number of nitrogens with two attached hydrogens (primary N) is 1. The van der Waals surface area contributed by atoms with Gasteiger partial charge in [-0.2, -0.15) is 0 Å². The SMILES string of the molecule is CC(NC(=O)C1(N)CCOCC1)C(=O)N1CCCCC1. The number of likely N-dealkylation sites (tertiary alicyclic amines) is 1. The van der Waals surface area contributed by atoms with E-state index in [0.29, 0.717) is 26.1 Å². The first-order valence-corrected chi connectivity index (χ1v) is 7.49. The average molecular weight is 283 g/mol. The summed E-state index contributed by atoms with van der Waals surface area (Å²) in [4.78, 5) is 26.4. The first-order chi connectivity index (χ1) is 9.53. The van der Waals surface area contributed by atoms with Crippen molar-refractivity contribution in [2.75, 3.05) is 26.3 Å². The van der Waals surface area contributed by atoms with Gasteiger partial charge < -0.3 is 20.7 Å². The van der Waals surface area contributed by atoms with Gasteiger partial charge in [-0.15, -0.1) is 0 Å². The summed E-state index contributed by atoms with van der Waals surface area (Å²) in [6, 6.07) is -0.510. The Morgan fingerprint density at radius 2 is 1.80 bits per heavy atom. The lowest BCUT2D eigenvalue weighted by molar-refractivity contribution is -0.139. The molecule has 1 unspecified atom stereocenters. The normalized spacial score (nSPS) is 24.0. The third kappa shape index (κ3) is 3.49. The van der Waals surface area contributed by atoms with Crippen LogP contribution in [0.4, 0.5) is 0 Å². The Morgan fingerprint density at radius 1 is 1.20 bits per heavy atom. The predicted octanol–water partition coefficient (Wildman–Crippen LogP) is 0.0115. The quantitative estimate of drug-likeness (QED) is 0.764. The van der Waals surface area contributed by atoms with E-state index in [-0.39, 0.29) is 11.8 Å². The highest BCUT2D eigenvalue weighted by atomic mass is 16.5. The topological polar surface area (TPSA) is 84.7 Å². The van der Waals surface area contributed by atoms with Crippen LogP contribution in [0.25, 0.3) is 0 Å². The minimum atomic E-state index is -0.894. The molecule has 20 heavy (non-hydrogen) atoms. The number of amides is 2. The van der Waals surface area contributed by atoms with E-state index in [1.54, 1.807) is 6.92 Å². The Labute approximate surface area is 120 Å². The van der Waals surface area contributed by atoms with Crippen LogP contribution in [0.15, 0.2) is 0 Å². The molecule has 0 spiro atoms. The number of piperidine rings is 1. The van der Waals surface area contributed by atoms with Crippen LogP contribution in [0, 0.1) is 0 Å². The summed E-state index contributed by atoms with van der Waals surface area (Å²) in [6.45, 7) is 4.32. The zero-order chi connectivity index (χ0) is 14.6. The molecule has 0 aromatic carbocycles. The standard InChI is InChI=1S/C14H25N3O3/c1-11(12(18)17-7-3-2-4-8-17)16-13(19)14(15)5-9-20-10-6-14/h11H,2-10,15H2,1H3,(H,16,19). The third-order valence-corrected chi connectivity index (χ3v) is 4.22. The molecule has 6 nitrogen and oxygen atoms in total. The number of carbonyl (C=O) groups excluding carboxylic acids is 2. The molecule has 0 aromatic heterocycles. The molecule has 6 heteroatoms. The Kier molecular flexibility index (Phi) is 4.99. The maximum absolute atomic E-state index is 12.3. The van der Waals surface area contributed by atoms with E-state index >= 15 is 0 Å². The van der Waals surface area contributed by atoms with E-state index in [0.717, 1.165) is 25.9 Å². The van der Waals surface area contributed by atoms with E-state index < -0.39 is 11.6 Å². The fourth-order valence-electron chi connectivity index (χ4n) is 2.75. The highest BCUT2D eigenvalue weighted by Crippen LogP contribution is 2.18. The van der Waals surface area contributed by atoms with Crippen LogP contribution in [0.1, 0.15) is 39.0 Å². The lowest BCUT2D eigenvalue weighted by atomic mass is 9.90. The van der Waals surface area contributed by atoms with Crippen LogP contribution in [-0.4, -0.2) is 54.6 Å². The summed E-state index contributed by atoms with van der Waals surface area (Å²) >= 11 is 0. The minimum Gasteiger partial charge on any atom is -0.381 e. The van der Waals surface area contributed by atoms with Gasteiger partial charge in [0, 0.05) is 26.3 Å². The monoisotopic (exact) mass is 283 g/mol. The molecule has 114 valence electrons. The zero-order valence-corrected chi connectivity index (χ0v) is 12.2. The number of nitrogens with zero attached hydrogens (tertiary/aromatic N) is 1. The molecule has 2 fully saturated rings. The third-order valence-electron chi connectivity index (χ3n) is 4.22. The van der Waals surface area contributed by atoms with Gasteiger partial charge in [0.2, 0.25) is 11.8 Å². The van der Waals surface area contributed by atoms with Crippen LogP contribution in [0.5, 0.6) is 0 Å². The highest BCUT2D eigenvalue weighted by molar-refractivity contribution is 5.91. The summed E-state index contributed by atoms with van der Waals surface area (Å²) in [5.41, 5.74) is 5.22. The van der Waals surface area contributed by atoms with E-state index in [9.17, 15) is 9.59 Å². The molecule has 1 atom stereocenters. The average Bonchev–Trinajstić information content (AvgIpc) is 2.48. The van der Waals surface area contributed by atoms with Gasteiger partial charge in [-0.1, -0.05) is 0 Å². The van der Waals surface area contributed by atoms with Crippen molar-refractivity contribution in [1.29, 1.82) is 0 Å². The van der Waals surface area contributed by atoms with Crippen molar-refractivity contribution in [3.8, 4) is 0 Å². The Balaban J connectivity index is 1.87. The molecule has 2 amide bonds. The molecule has 3 N–H and O–H groups in total. The first kappa shape index (κ1) is 15.3. The highest BCUT2D eigenvalue weighted by Gasteiger charge is 2.37. The van der Waals surface area contributed by atoms with Crippen LogP contribution >= 0.6 is 0 Å². The van der Waals surface area contributed by atoms with Gasteiger partial charge >= 0.3 is 0 Å². The summed E-state index contributed by atoms with van der Waals surface area (Å²) in [5, 5.41) is 2.78. The smallest absolute Gasteiger partial charge is 0.244 e. The predicted molar refractivity (Wildman–Crippen MR) is 75.0 cm³/mol. The van der Waals surface area contributed by atoms with Crippen molar-refractivity contribution >= 4 is 11.8 Å². The second-order valence-electron chi connectivity index (χ2n) is 5.85. The van der Waals surface area contributed by atoms with Gasteiger partial charge in [0.15, 0.2) is 0 Å². The van der Waals surface area contributed by atoms with Crippen molar-refractivity contribution in [1.82, 2.24) is 10.2 Å². The van der Waals surface area contributed by atoms with Gasteiger partial charge in [0.25, 0.3) is 0 Å². The summed E-state index contributed by atoms with van der Waals surface area (Å²) in [5.74, 6) is -0.243. The fraction of sp³-hybridized carbons (Fsp3) is 0.857. The number of nitrogens with one attached hydrogen (secondary N) is 1. The van der Waals surface area contributed by atoms with Gasteiger partial charge in [-0.25, -0.2) is 0 Å². The number of hydrogen-bond acceptors (Lipinski definition) is 4. The molecule has 2 rings (SSSR count). The molecule has 2 heterocycles. The lowest BCUT2D eigenvalue weighted by Crippen LogP contribution is -2.60.